The lowest BCUT2D eigenvalue weighted by atomic mass is 10.1. The number of likely N-dealkylation sites (N-methyl/N-ethyl adjacent to an activating group) is 1. The average molecular weight is 292 g/mol. The van der Waals surface area contributed by atoms with E-state index in [0.717, 1.165) is 16.0 Å². The summed E-state index contributed by atoms with van der Waals surface area (Å²) in [5.41, 5.74) is 2.15. The van der Waals surface area contributed by atoms with E-state index in [1.165, 1.54) is 4.90 Å². The molecule has 0 radical (unpaired) electrons. The maximum atomic E-state index is 11.7. The van der Waals surface area contributed by atoms with Crippen molar-refractivity contribution in [3.63, 3.8) is 0 Å². The van der Waals surface area contributed by atoms with Crippen molar-refractivity contribution in [2.24, 2.45) is 0 Å². The molecular formula is C15H20N2O4. The van der Waals surface area contributed by atoms with Gasteiger partial charge in [-0.2, -0.15) is 0 Å². The van der Waals surface area contributed by atoms with Gasteiger partial charge in [0.25, 0.3) is 0 Å². The predicted molar refractivity (Wildman–Crippen MR) is 77.2 cm³/mol. The van der Waals surface area contributed by atoms with Gasteiger partial charge in [0.1, 0.15) is 25.0 Å². The summed E-state index contributed by atoms with van der Waals surface area (Å²) in [5.74, 6) is 0.371. The number of carbonyl (C=O) groups excluding carboxylic acids is 2. The minimum atomic E-state index is -0.912. The summed E-state index contributed by atoms with van der Waals surface area (Å²) in [7, 11) is 1.55. The average Bonchev–Trinajstić information content (AvgIpc) is 2.62. The fourth-order valence-electron chi connectivity index (χ4n) is 2.32. The molecule has 6 nitrogen and oxygen atoms in total. The summed E-state index contributed by atoms with van der Waals surface area (Å²) in [6.07, 6.45) is -0.912. The summed E-state index contributed by atoms with van der Waals surface area (Å²) in [6, 6.07) is 5.39. The highest BCUT2D eigenvalue weighted by atomic mass is 16.5. The van der Waals surface area contributed by atoms with E-state index in [4.69, 9.17) is 4.74 Å². The molecule has 0 saturated carbocycles. The van der Waals surface area contributed by atoms with Crippen LogP contribution in [0.15, 0.2) is 18.2 Å². The van der Waals surface area contributed by atoms with E-state index in [2.05, 4.69) is 0 Å². The van der Waals surface area contributed by atoms with Gasteiger partial charge in [0, 0.05) is 7.05 Å². The molecule has 0 spiro atoms. The van der Waals surface area contributed by atoms with Gasteiger partial charge in [-0.05, 0) is 37.1 Å². The summed E-state index contributed by atoms with van der Waals surface area (Å²) >= 11 is 0. The van der Waals surface area contributed by atoms with Gasteiger partial charge in [0.15, 0.2) is 0 Å². The Kier molecular flexibility index (Phi) is 4.47. The maximum Gasteiger partial charge on any atom is 0.327 e. The third-order valence-corrected chi connectivity index (χ3v) is 3.26. The largest absolute Gasteiger partial charge is 0.491 e. The van der Waals surface area contributed by atoms with E-state index in [1.54, 1.807) is 7.05 Å². The van der Waals surface area contributed by atoms with Gasteiger partial charge in [-0.15, -0.1) is 0 Å². The predicted octanol–water partition coefficient (Wildman–Crippen LogP) is 0.937. The fraction of sp³-hybridized carbons (Fsp3) is 0.467. The molecule has 1 N–H and O–H groups in total. The zero-order valence-corrected chi connectivity index (χ0v) is 12.5. The number of urea groups is 1. The minimum Gasteiger partial charge on any atom is -0.491 e. The second-order valence-electron chi connectivity index (χ2n) is 5.43. The molecule has 3 amide bonds. The van der Waals surface area contributed by atoms with Gasteiger partial charge in [-0.1, -0.05) is 6.07 Å². The number of aliphatic hydroxyl groups excluding tert-OH is 1. The molecule has 114 valence electrons. The van der Waals surface area contributed by atoms with E-state index in [1.807, 2.05) is 32.0 Å². The first-order valence-corrected chi connectivity index (χ1v) is 6.81. The molecule has 21 heavy (non-hydrogen) atoms. The summed E-state index contributed by atoms with van der Waals surface area (Å²) in [6.45, 7) is 3.97. The van der Waals surface area contributed by atoms with Crippen LogP contribution in [-0.4, -0.2) is 59.7 Å². The van der Waals surface area contributed by atoms with Crippen molar-refractivity contribution in [3.05, 3.63) is 29.3 Å². The van der Waals surface area contributed by atoms with E-state index in [-0.39, 0.29) is 31.6 Å². The second-order valence-corrected chi connectivity index (χ2v) is 5.43. The van der Waals surface area contributed by atoms with Crippen molar-refractivity contribution >= 4 is 11.9 Å². The highest BCUT2D eigenvalue weighted by molar-refractivity contribution is 6.01. The molecule has 1 atom stereocenters. The first-order chi connectivity index (χ1) is 9.86. The van der Waals surface area contributed by atoms with Crippen molar-refractivity contribution in [1.82, 2.24) is 9.80 Å². The van der Waals surface area contributed by atoms with Crippen molar-refractivity contribution in [1.29, 1.82) is 0 Å². The van der Waals surface area contributed by atoms with E-state index < -0.39 is 6.10 Å². The monoisotopic (exact) mass is 292 g/mol. The number of carbonyl (C=O) groups is 2. The quantitative estimate of drug-likeness (QED) is 0.820. The molecule has 6 heteroatoms. The standard InChI is InChI=1S/C15H20N2O4/c1-10-4-11(2)6-13(5-10)21-9-12(18)7-17-14(19)8-16(3)15(17)20/h4-6,12,18H,7-9H2,1-3H3. The number of imide groups is 1. The lowest BCUT2D eigenvalue weighted by molar-refractivity contribution is -0.126. The van der Waals surface area contributed by atoms with Gasteiger partial charge in [-0.3, -0.25) is 9.69 Å². The smallest absolute Gasteiger partial charge is 0.327 e. The van der Waals surface area contributed by atoms with Gasteiger partial charge < -0.3 is 14.7 Å². The molecule has 1 aliphatic heterocycles. The lowest BCUT2D eigenvalue weighted by Crippen LogP contribution is -2.40. The van der Waals surface area contributed by atoms with Crippen LogP contribution >= 0.6 is 0 Å². The molecule has 1 unspecified atom stereocenters. The Labute approximate surface area is 123 Å². The molecule has 0 aliphatic carbocycles. The summed E-state index contributed by atoms with van der Waals surface area (Å²) in [4.78, 5) is 25.7. The SMILES string of the molecule is Cc1cc(C)cc(OCC(O)CN2C(=O)CN(C)C2=O)c1. The number of ether oxygens (including phenoxy) is 1. The van der Waals surface area contributed by atoms with Crippen LogP contribution in [-0.2, 0) is 4.79 Å². The molecule has 2 rings (SSSR count). The number of aliphatic hydroxyl groups is 1. The zero-order chi connectivity index (χ0) is 15.6. The second kappa shape index (κ2) is 6.13. The van der Waals surface area contributed by atoms with Crippen molar-refractivity contribution in [3.8, 4) is 5.75 Å². The van der Waals surface area contributed by atoms with Crippen LogP contribution in [0.1, 0.15) is 11.1 Å². The van der Waals surface area contributed by atoms with Crippen LogP contribution in [0.5, 0.6) is 5.75 Å². The number of rotatable bonds is 5. The number of nitrogens with zero attached hydrogens (tertiary/aromatic N) is 2. The number of β-amino-alcohol motifs (C(OH)–C–C–N with tert-alkyl or cyclic N) is 1. The minimum absolute atomic E-state index is 0.0314. The molecular weight excluding hydrogens is 272 g/mol. The Bertz CT molecular complexity index is 538. The molecule has 1 aliphatic rings. The fourth-order valence-corrected chi connectivity index (χ4v) is 2.32. The number of benzene rings is 1. The molecule has 1 heterocycles. The van der Waals surface area contributed by atoms with Crippen molar-refractivity contribution < 1.29 is 19.4 Å². The van der Waals surface area contributed by atoms with Crippen LogP contribution in [0.3, 0.4) is 0 Å². The van der Waals surface area contributed by atoms with Gasteiger partial charge in [0.2, 0.25) is 5.91 Å². The summed E-state index contributed by atoms with van der Waals surface area (Å²) in [5, 5.41) is 9.94. The van der Waals surface area contributed by atoms with Gasteiger partial charge in [0.05, 0.1) is 6.54 Å². The molecule has 0 bridgehead atoms. The topological polar surface area (TPSA) is 70.1 Å². The first kappa shape index (κ1) is 15.3. The molecule has 1 saturated heterocycles. The van der Waals surface area contributed by atoms with Crippen LogP contribution in [0, 0.1) is 13.8 Å². The van der Waals surface area contributed by atoms with Gasteiger partial charge in [-0.25, -0.2) is 4.79 Å². The Hall–Kier alpha value is -2.08. The third kappa shape index (κ3) is 3.72. The van der Waals surface area contributed by atoms with Crippen LogP contribution < -0.4 is 4.74 Å². The van der Waals surface area contributed by atoms with Crippen LogP contribution in [0.2, 0.25) is 0 Å². The molecule has 1 fully saturated rings. The van der Waals surface area contributed by atoms with Gasteiger partial charge >= 0.3 is 6.03 Å². The van der Waals surface area contributed by atoms with Crippen molar-refractivity contribution in [2.45, 2.75) is 20.0 Å². The Morgan fingerprint density at radius 1 is 1.24 bits per heavy atom. The molecule has 0 aromatic heterocycles. The molecule has 1 aromatic rings. The van der Waals surface area contributed by atoms with E-state index in [9.17, 15) is 14.7 Å². The molecule has 1 aromatic carbocycles. The summed E-state index contributed by atoms with van der Waals surface area (Å²) < 4.78 is 5.52. The Morgan fingerprint density at radius 2 is 1.86 bits per heavy atom. The number of hydrogen-bond donors (Lipinski definition) is 1. The number of aryl methyl sites for hydroxylation is 2. The Morgan fingerprint density at radius 3 is 2.38 bits per heavy atom. The number of hydrogen-bond acceptors (Lipinski definition) is 4. The Balaban J connectivity index is 1.89. The maximum absolute atomic E-state index is 11.7. The number of amides is 3. The van der Waals surface area contributed by atoms with E-state index >= 15 is 0 Å². The highest BCUT2D eigenvalue weighted by Crippen LogP contribution is 2.16. The van der Waals surface area contributed by atoms with Crippen LogP contribution in [0.25, 0.3) is 0 Å². The van der Waals surface area contributed by atoms with Crippen molar-refractivity contribution in [2.75, 3.05) is 26.7 Å². The van der Waals surface area contributed by atoms with Crippen LogP contribution in [0.4, 0.5) is 4.79 Å². The lowest BCUT2D eigenvalue weighted by Gasteiger charge is -2.19. The first-order valence-electron chi connectivity index (χ1n) is 6.81. The normalized spacial score (nSPS) is 16.6. The highest BCUT2D eigenvalue weighted by Gasteiger charge is 2.34. The zero-order valence-electron chi connectivity index (χ0n) is 12.5. The third-order valence-electron chi connectivity index (χ3n) is 3.26. The van der Waals surface area contributed by atoms with E-state index in [0.29, 0.717) is 5.75 Å².